The summed E-state index contributed by atoms with van der Waals surface area (Å²) < 4.78 is 24.5. The summed E-state index contributed by atoms with van der Waals surface area (Å²) in [6.45, 7) is 3.96. The van der Waals surface area contributed by atoms with Gasteiger partial charge in [0.15, 0.2) is 11.5 Å². The molecule has 0 radical (unpaired) electrons. The van der Waals surface area contributed by atoms with E-state index in [2.05, 4.69) is 4.90 Å². The fraction of sp³-hybridized carbons (Fsp3) is 0.292. The lowest BCUT2D eigenvalue weighted by atomic mass is 10.2. The van der Waals surface area contributed by atoms with Gasteiger partial charge >= 0.3 is 0 Å². The topological polar surface area (TPSA) is 42.0 Å². The zero-order chi connectivity index (χ0) is 21.6. The number of carbonyl (C=O) groups excluding carboxylic acids is 1. The first-order chi connectivity index (χ1) is 15.1. The number of carbonyl (C=O) groups is 1. The van der Waals surface area contributed by atoms with Crippen LogP contribution >= 0.6 is 11.3 Å². The van der Waals surface area contributed by atoms with Gasteiger partial charge in [0, 0.05) is 38.3 Å². The van der Waals surface area contributed by atoms with Crippen molar-refractivity contribution in [1.29, 1.82) is 0 Å². The number of piperazine rings is 1. The number of para-hydroxylation sites is 2. The van der Waals surface area contributed by atoms with Crippen molar-refractivity contribution in [1.82, 2.24) is 9.80 Å². The van der Waals surface area contributed by atoms with Crippen LogP contribution in [0, 0.1) is 5.82 Å². The monoisotopic (exact) mass is 440 g/mol. The third-order valence-corrected chi connectivity index (χ3v) is 6.25. The van der Waals surface area contributed by atoms with Gasteiger partial charge in [-0.2, -0.15) is 0 Å². The molecule has 1 fully saturated rings. The maximum atomic E-state index is 13.4. The van der Waals surface area contributed by atoms with Crippen LogP contribution < -0.4 is 9.47 Å². The van der Waals surface area contributed by atoms with Crippen molar-refractivity contribution < 1.29 is 18.7 Å². The predicted octanol–water partition coefficient (Wildman–Crippen LogP) is 4.43. The lowest BCUT2D eigenvalue weighted by Crippen LogP contribution is -2.48. The van der Waals surface area contributed by atoms with Gasteiger partial charge in [0.25, 0.3) is 5.91 Å². The summed E-state index contributed by atoms with van der Waals surface area (Å²) in [5, 5.41) is 1.96. The van der Waals surface area contributed by atoms with E-state index in [1.54, 1.807) is 19.2 Å². The fourth-order valence-electron chi connectivity index (χ4n) is 3.62. The molecule has 1 amide bonds. The first-order valence-electron chi connectivity index (χ1n) is 10.2. The quantitative estimate of drug-likeness (QED) is 0.545. The maximum Gasteiger partial charge on any atom is 0.264 e. The highest BCUT2D eigenvalue weighted by Gasteiger charge is 2.23. The summed E-state index contributed by atoms with van der Waals surface area (Å²) in [4.78, 5) is 17.8. The highest BCUT2D eigenvalue weighted by Crippen LogP contribution is 2.27. The van der Waals surface area contributed by atoms with Gasteiger partial charge in [0.2, 0.25) is 0 Å². The van der Waals surface area contributed by atoms with E-state index in [0.717, 1.165) is 29.1 Å². The molecule has 0 atom stereocenters. The van der Waals surface area contributed by atoms with Gasteiger partial charge in [-0.15, -0.1) is 11.3 Å². The number of hydrogen-bond acceptors (Lipinski definition) is 5. The standard InChI is InChI=1S/C24H25FN2O3S/c1-29-21-7-2-3-8-22(21)30-16-19-14-23(31-17-19)24(28)27-11-9-26(10-12-27)15-18-5-4-6-20(25)13-18/h2-8,13-14,17H,9-12,15-16H2,1H3. The van der Waals surface area contributed by atoms with E-state index in [9.17, 15) is 9.18 Å². The van der Waals surface area contributed by atoms with Crippen LogP contribution in [0.3, 0.4) is 0 Å². The molecule has 162 valence electrons. The van der Waals surface area contributed by atoms with Crippen molar-refractivity contribution >= 4 is 17.2 Å². The second-order valence-corrected chi connectivity index (χ2v) is 8.37. The lowest BCUT2D eigenvalue weighted by Gasteiger charge is -2.34. The molecule has 31 heavy (non-hydrogen) atoms. The number of halogens is 1. The van der Waals surface area contributed by atoms with Crippen molar-refractivity contribution in [3.8, 4) is 11.5 Å². The number of amides is 1. The second-order valence-electron chi connectivity index (χ2n) is 7.46. The third kappa shape index (κ3) is 5.42. The van der Waals surface area contributed by atoms with E-state index in [-0.39, 0.29) is 11.7 Å². The number of nitrogens with zero attached hydrogens (tertiary/aromatic N) is 2. The summed E-state index contributed by atoms with van der Waals surface area (Å²) in [5.74, 6) is 1.21. The maximum absolute atomic E-state index is 13.4. The summed E-state index contributed by atoms with van der Waals surface area (Å²) in [5.41, 5.74) is 1.92. The van der Waals surface area contributed by atoms with Crippen LogP contribution in [0.15, 0.2) is 60.0 Å². The van der Waals surface area contributed by atoms with Crippen LogP contribution in [0.4, 0.5) is 4.39 Å². The number of ether oxygens (including phenoxy) is 2. The van der Waals surface area contributed by atoms with Crippen LogP contribution in [0.2, 0.25) is 0 Å². The zero-order valence-electron chi connectivity index (χ0n) is 17.4. The summed E-state index contributed by atoms with van der Waals surface area (Å²) in [7, 11) is 1.61. The van der Waals surface area contributed by atoms with Crippen molar-refractivity contribution in [3.05, 3.63) is 81.8 Å². The summed E-state index contributed by atoms with van der Waals surface area (Å²) >= 11 is 1.44. The Balaban J connectivity index is 1.29. The van der Waals surface area contributed by atoms with E-state index >= 15 is 0 Å². The Morgan fingerprint density at radius 1 is 1.00 bits per heavy atom. The van der Waals surface area contributed by atoms with Gasteiger partial charge < -0.3 is 14.4 Å². The molecule has 2 heterocycles. The number of methoxy groups -OCH3 is 1. The molecule has 1 saturated heterocycles. The Bertz CT molecular complexity index is 1030. The average Bonchev–Trinajstić information content (AvgIpc) is 3.27. The van der Waals surface area contributed by atoms with Crippen LogP contribution in [0.1, 0.15) is 20.8 Å². The number of rotatable bonds is 7. The highest BCUT2D eigenvalue weighted by molar-refractivity contribution is 7.12. The van der Waals surface area contributed by atoms with Gasteiger partial charge in [-0.3, -0.25) is 9.69 Å². The second kappa shape index (κ2) is 9.94. The van der Waals surface area contributed by atoms with E-state index in [1.165, 1.54) is 17.4 Å². The van der Waals surface area contributed by atoms with Gasteiger partial charge in [-0.1, -0.05) is 24.3 Å². The summed E-state index contributed by atoms with van der Waals surface area (Å²) in [6.07, 6.45) is 0. The lowest BCUT2D eigenvalue weighted by molar-refractivity contribution is 0.0633. The minimum atomic E-state index is -0.213. The largest absolute Gasteiger partial charge is 0.493 e. The molecular weight excluding hydrogens is 415 g/mol. The number of hydrogen-bond donors (Lipinski definition) is 0. The normalized spacial score (nSPS) is 14.5. The Hall–Kier alpha value is -2.90. The van der Waals surface area contributed by atoms with Crippen molar-refractivity contribution in [3.63, 3.8) is 0 Å². The molecule has 1 aromatic heterocycles. The van der Waals surface area contributed by atoms with Crippen LogP contribution in [0.25, 0.3) is 0 Å². The third-order valence-electron chi connectivity index (χ3n) is 5.28. The molecule has 2 aromatic carbocycles. The molecule has 0 spiro atoms. The van der Waals surface area contributed by atoms with Crippen LogP contribution in [0.5, 0.6) is 11.5 Å². The van der Waals surface area contributed by atoms with Gasteiger partial charge in [-0.25, -0.2) is 4.39 Å². The van der Waals surface area contributed by atoms with Crippen molar-refractivity contribution in [2.75, 3.05) is 33.3 Å². The highest BCUT2D eigenvalue weighted by atomic mass is 32.1. The van der Waals surface area contributed by atoms with Gasteiger partial charge in [-0.05, 0) is 41.3 Å². The molecule has 1 aliphatic rings. The Morgan fingerprint density at radius 3 is 2.52 bits per heavy atom. The molecule has 4 rings (SSSR count). The number of thiophene rings is 1. The molecule has 7 heteroatoms. The van der Waals surface area contributed by atoms with E-state index in [0.29, 0.717) is 37.7 Å². The van der Waals surface area contributed by atoms with Crippen LogP contribution in [-0.4, -0.2) is 49.0 Å². The smallest absolute Gasteiger partial charge is 0.264 e. The minimum Gasteiger partial charge on any atom is -0.493 e. The molecule has 0 unspecified atom stereocenters. The summed E-state index contributed by atoms with van der Waals surface area (Å²) in [6, 6.07) is 16.1. The van der Waals surface area contributed by atoms with E-state index in [1.807, 2.05) is 46.7 Å². The molecule has 0 bridgehead atoms. The molecule has 3 aromatic rings. The number of benzene rings is 2. The van der Waals surface area contributed by atoms with Gasteiger partial charge in [0.05, 0.1) is 12.0 Å². The molecule has 0 aliphatic carbocycles. The zero-order valence-corrected chi connectivity index (χ0v) is 18.2. The first-order valence-corrected chi connectivity index (χ1v) is 11.1. The fourth-order valence-corrected chi connectivity index (χ4v) is 4.48. The SMILES string of the molecule is COc1ccccc1OCc1csc(C(=O)N2CCN(Cc3cccc(F)c3)CC2)c1. The van der Waals surface area contributed by atoms with Gasteiger partial charge in [0.1, 0.15) is 12.4 Å². The Labute approximate surface area is 185 Å². The molecular formula is C24H25FN2O3S. The first kappa shape index (κ1) is 21.3. The van der Waals surface area contributed by atoms with Crippen molar-refractivity contribution in [2.45, 2.75) is 13.2 Å². The minimum absolute atomic E-state index is 0.0546. The Kier molecular flexibility index (Phi) is 6.84. The van der Waals surface area contributed by atoms with Crippen molar-refractivity contribution in [2.24, 2.45) is 0 Å². The molecule has 1 aliphatic heterocycles. The molecule has 0 N–H and O–H groups in total. The molecule has 5 nitrogen and oxygen atoms in total. The Morgan fingerprint density at radius 2 is 1.77 bits per heavy atom. The van der Waals surface area contributed by atoms with Crippen LogP contribution in [-0.2, 0) is 13.2 Å². The predicted molar refractivity (Wildman–Crippen MR) is 119 cm³/mol. The average molecular weight is 441 g/mol. The van der Waals surface area contributed by atoms with E-state index in [4.69, 9.17) is 9.47 Å². The van der Waals surface area contributed by atoms with E-state index < -0.39 is 0 Å². The molecule has 0 saturated carbocycles.